The maximum atomic E-state index is 12.8. The van der Waals surface area contributed by atoms with Crippen molar-refractivity contribution in [3.63, 3.8) is 0 Å². The Hall–Kier alpha value is -2.54. The van der Waals surface area contributed by atoms with Gasteiger partial charge < -0.3 is 15.8 Å². The summed E-state index contributed by atoms with van der Waals surface area (Å²) < 4.78 is 6.32. The number of amides is 3. The summed E-state index contributed by atoms with van der Waals surface area (Å²) in [6.07, 6.45) is 3.43. The van der Waals surface area contributed by atoms with E-state index in [4.69, 9.17) is 10.5 Å². The fourth-order valence-electron chi connectivity index (χ4n) is 3.38. The summed E-state index contributed by atoms with van der Waals surface area (Å²) in [5.41, 5.74) is 7.40. The lowest BCUT2D eigenvalue weighted by Gasteiger charge is -2.29. The van der Waals surface area contributed by atoms with Crippen LogP contribution in [0.3, 0.4) is 0 Å². The van der Waals surface area contributed by atoms with E-state index in [1.165, 1.54) is 0 Å². The molecule has 7 nitrogen and oxygen atoms in total. The lowest BCUT2D eigenvalue weighted by molar-refractivity contribution is -0.121. The second-order valence-corrected chi connectivity index (χ2v) is 7.92. The van der Waals surface area contributed by atoms with Gasteiger partial charge in [0.25, 0.3) is 11.8 Å². The molecule has 0 radical (unpaired) electrons. The first-order valence-electron chi connectivity index (χ1n) is 9.48. The number of halogens is 1. The highest BCUT2D eigenvalue weighted by molar-refractivity contribution is 14.1. The molecule has 0 atom stereocenters. The average Bonchev–Trinajstić information content (AvgIpc) is 2.70. The van der Waals surface area contributed by atoms with Crippen LogP contribution in [0.25, 0.3) is 0 Å². The van der Waals surface area contributed by atoms with Gasteiger partial charge >= 0.3 is 0 Å². The molecule has 1 heterocycles. The number of primary amides is 1. The van der Waals surface area contributed by atoms with E-state index >= 15 is 0 Å². The van der Waals surface area contributed by atoms with Crippen molar-refractivity contribution >= 4 is 51.7 Å². The van der Waals surface area contributed by atoms with Crippen LogP contribution in [-0.2, 0) is 14.4 Å². The van der Waals surface area contributed by atoms with E-state index in [1.54, 1.807) is 17.0 Å². The molecule has 0 saturated heterocycles. The third kappa shape index (κ3) is 4.72. The van der Waals surface area contributed by atoms with Gasteiger partial charge in [0.05, 0.1) is 17.9 Å². The standard InChI is InChI=1S/C21H22IN3O4/c1-2-3-6-9-25-17-11-16(15(22)10-18(17)29-12-19(25)26)24-21(28)14-8-5-4-7-13(14)20(23)27/h10-11H,2,4-5,7-9,12H2,1H3,(H2,23,27)(H,24,28). The zero-order chi connectivity index (χ0) is 21.0. The summed E-state index contributed by atoms with van der Waals surface area (Å²) in [6, 6.07) is 3.50. The molecule has 1 aliphatic carbocycles. The fourth-order valence-corrected chi connectivity index (χ4v) is 3.95. The third-order valence-corrected chi connectivity index (χ3v) is 5.71. The maximum Gasteiger partial charge on any atom is 0.265 e. The van der Waals surface area contributed by atoms with Crippen molar-refractivity contribution in [2.75, 3.05) is 23.4 Å². The molecular weight excluding hydrogens is 485 g/mol. The Bertz CT molecular complexity index is 959. The van der Waals surface area contributed by atoms with Crippen LogP contribution in [0.5, 0.6) is 5.75 Å². The number of nitrogens with one attached hydrogen (secondary N) is 1. The molecule has 0 bridgehead atoms. The summed E-state index contributed by atoms with van der Waals surface area (Å²) in [4.78, 5) is 38.4. The van der Waals surface area contributed by atoms with Crippen LogP contribution < -0.4 is 20.7 Å². The minimum Gasteiger partial charge on any atom is -0.482 e. The number of rotatable bonds is 4. The molecule has 3 rings (SSSR count). The number of carbonyl (C=O) groups excluding carboxylic acids is 3. The molecule has 0 fully saturated rings. The first-order valence-corrected chi connectivity index (χ1v) is 10.6. The molecule has 2 aliphatic rings. The first-order chi connectivity index (χ1) is 13.9. The zero-order valence-electron chi connectivity index (χ0n) is 16.1. The zero-order valence-corrected chi connectivity index (χ0v) is 18.3. The molecule has 1 aliphatic heterocycles. The van der Waals surface area contributed by atoms with Crippen LogP contribution in [0, 0.1) is 15.4 Å². The Morgan fingerprint density at radius 2 is 1.97 bits per heavy atom. The quantitative estimate of drug-likeness (QED) is 0.484. The van der Waals surface area contributed by atoms with Gasteiger partial charge in [0.2, 0.25) is 5.91 Å². The van der Waals surface area contributed by atoms with Crippen LogP contribution in [0.1, 0.15) is 39.0 Å². The number of ether oxygens (including phenoxy) is 1. The van der Waals surface area contributed by atoms with E-state index in [2.05, 4.69) is 39.7 Å². The van der Waals surface area contributed by atoms with Crippen LogP contribution in [-0.4, -0.2) is 30.9 Å². The van der Waals surface area contributed by atoms with Gasteiger partial charge in [-0.1, -0.05) is 12.8 Å². The van der Waals surface area contributed by atoms with Crippen LogP contribution in [0.4, 0.5) is 11.4 Å². The number of nitrogens with two attached hydrogens (primary N) is 1. The summed E-state index contributed by atoms with van der Waals surface area (Å²) in [6.45, 7) is 2.16. The highest BCUT2D eigenvalue weighted by Crippen LogP contribution is 2.38. The van der Waals surface area contributed by atoms with Gasteiger partial charge in [-0.15, -0.1) is 5.92 Å². The number of hydrogen-bond donors (Lipinski definition) is 2. The number of hydrogen-bond acceptors (Lipinski definition) is 4. The Morgan fingerprint density at radius 3 is 2.66 bits per heavy atom. The first kappa shape index (κ1) is 21.2. The van der Waals surface area contributed by atoms with Gasteiger partial charge in [-0.2, -0.15) is 0 Å². The van der Waals surface area contributed by atoms with Crippen molar-refractivity contribution in [2.24, 2.45) is 5.73 Å². The fraction of sp³-hybridized carbons (Fsp3) is 0.381. The largest absolute Gasteiger partial charge is 0.482 e. The molecule has 152 valence electrons. The Morgan fingerprint density at radius 1 is 1.24 bits per heavy atom. The van der Waals surface area contributed by atoms with E-state index in [1.807, 2.05) is 6.92 Å². The van der Waals surface area contributed by atoms with E-state index in [0.717, 1.165) is 16.4 Å². The summed E-state index contributed by atoms with van der Waals surface area (Å²) in [5.74, 6) is 5.43. The SMILES string of the molecule is CCC#CCN1C(=O)COc2cc(I)c(NC(=O)C3=C(C(N)=O)CCCC3)cc21. The molecule has 0 aromatic heterocycles. The van der Waals surface area contributed by atoms with E-state index in [9.17, 15) is 14.4 Å². The van der Waals surface area contributed by atoms with Gasteiger partial charge in [-0.25, -0.2) is 0 Å². The smallest absolute Gasteiger partial charge is 0.265 e. The second kappa shape index (κ2) is 9.31. The molecule has 8 heteroatoms. The molecule has 1 aromatic carbocycles. The number of carbonyl (C=O) groups is 3. The van der Waals surface area contributed by atoms with Crippen LogP contribution in [0.15, 0.2) is 23.3 Å². The van der Waals surface area contributed by atoms with E-state index in [-0.39, 0.29) is 25.0 Å². The normalized spacial score (nSPS) is 15.8. The molecular formula is C21H22IN3O4. The van der Waals surface area contributed by atoms with Crippen LogP contribution >= 0.6 is 22.6 Å². The van der Waals surface area contributed by atoms with Gasteiger partial charge in [-0.3, -0.25) is 19.3 Å². The summed E-state index contributed by atoms with van der Waals surface area (Å²) in [7, 11) is 0. The molecule has 3 N–H and O–H groups in total. The predicted octanol–water partition coefficient (Wildman–Crippen LogP) is 2.72. The predicted molar refractivity (Wildman–Crippen MR) is 118 cm³/mol. The molecule has 0 saturated carbocycles. The summed E-state index contributed by atoms with van der Waals surface area (Å²) >= 11 is 2.10. The highest BCUT2D eigenvalue weighted by atomic mass is 127. The number of nitrogens with zero attached hydrogens (tertiary/aromatic N) is 1. The van der Waals surface area contributed by atoms with Gasteiger partial charge in [0, 0.05) is 21.1 Å². The van der Waals surface area contributed by atoms with Gasteiger partial charge in [0.1, 0.15) is 5.75 Å². The maximum absolute atomic E-state index is 12.8. The lowest BCUT2D eigenvalue weighted by atomic mass is 9.90. The minimum absolute atomic E-state index is 0.0442. The highest BCUT2D eigenvalue weighted by Gasteiger charge is 2.28. The van der Waals surface area contributed by atoms with Crippen molar-refractivity contribution in [1.29, 1.82) is 0 Å². The van der Waals surface area contributed by atoms with Crippen molar-refractivity contribution in [1.82, 2.24) is 0 Å². The Labute approximate surface area is 183 Å². The second-order valence-electron chi connectivity index (χ2n) is 6.76. The van der Waals surface area contributed by atoms with E-state index in [0.29, 0.717) is 47.5 Å². The molecule has 29 heavy (non-hydrogen) atoms. The number of anilines is 2. The van der Waals surface area contributed by atoms with Gasteiger partial charge in [-0.05, 0) is 60.4 Å². The van der Waals surface area contributed by atoms with Crippen LogP contribution in [0.2, 0.25) is 0 Å². The van der Waals surface area contributed by atoms with Crippen molar-refractivity contribution in [3.05, 3.63) is 26.8 Å². The van der Waals surface area contributed by atoms with Crippen molar-refractivity contribution in [2.45, 2.75) is 39.0 Å². The monoisotopic (exact) mass is 507 g/mol. The lowest BCUT2D eigenvalue weighted by Crippen LogP contribution is -2.39. The number of benzene rings is 1. The summed E-state index contributed by atoms with van der Waals surface area (Å²) in [5, 5.41) is 2.88. The van der Waals surface area contributed by atoms with Crippen molar-refractivity contribution < 1.29 is 19.1 Å². The Balaban J connectivity index is 1.92. The topological polar surface area (TPSA) is 102 Å². The molecule has 3 amide bonds. The molecule has 0 unspecified atom stereocenters. The number of fused-ring (bicyclic) bond motifs is 1. The molecule has 1 aromatic rings. The Kier molecular flexibility index (Phi) is 6.79. The minimum atomic E-state index is -0.547. The third-order valence-electron chi connectivity index (χ3n) is 4.82. The molecule has 0 spiro atoms. The van der Waals surface area contributed by atoms with Gasteiger partial charge in [0.15, 0.2) is 6.61 Å². The average molecular weight is 507 g/mol. The van der Waals surface area contributed by atoms with E-state index < -0.39 is 5.91 Å². The van der Waals surface area contributed by atoms with Crippen molar-refractivity contribution in [3.8, 4) is 17.6 Å².